The number of aliphatic imine (C=N–C) groups is 1. The zero-order chi connectivity index (χ0) is 21.1. The van der Waals surface area contributed by atoms with Gasteiger partial charge in [0, 0.05) is 11.8 Å². The molecule has 0 aliphatic carbocycles. The van der Waals surface area contributed by atoms with E-state index in [9.17, 15) is 5.26 Å². The molecule has 0 bridgehead atoms. The average Bonchev–Trinajstić information content (AvgIpc) is 3.33. The second-order valence-corrected chi connectivity index (χ2v) is 7.15. The van der Waals surface area contributed by atoms with E-state index in [0.717, 1.165) is 27.7 Å². The van der Waals surface area contributed by atoms with Crippen molar-refractivity contribution in [3.05, 3.63) is 59.7 Å². The summed E-state index contributed by atoms with van der Waals surface area (Å²) in [6, 6.07) is 17.5. The van der Waals surface area contributed by atoms with Gasteiger partial charge in [0.2, 0.25) is 0 Å². The molecule has 150 valence electrons. The standard InChI is InChI=1S/C22H19N5O2S/c1-28-16-8-4-14(5-9-16)13-24-21-19(15-6-10-17(29-2)11-7-15)25-20-18(12-23)22(30-3)26-27(20)21/h4-11,13,26H,1-3H3. The number of aromatic nitrogens is 3. The van der Waals surface area contributed by atoms with Crippen molar-refractivity contribution >= 4 is 29.4 Å². The third kappa shape index (κ3) is 3.51. The highest BCUT2D eigenvalue weighted by atomic mass is 32.2. The van der Waals surface area contributed by atoms with Gasteiger partial charge in [0.05, 0.1) is 14.2 Å². The Bertz CT molecular complexity index is 1250. The van der Waals surface area contributed by atoms with E-state index >= 15 is 0 Å². The molecule has 0 radical (unpaired) electrons. The molecule has 4 rings (SSSR count). The summed E-state index contributed by atoms with van der Waals surface area (Å²) in [4.78, 5) is 9.45. The molecular weight excluding hydrogens is 398 g/mol. The topological polar surface area (TPSA) is 87.7 Å². The zero-order valence-corrected chi connectivity index (χ0v) is 17.5. The van der Waals surface area contributed by atoms with Crippen LogP contribution < -0.4 is 9.47 Å². The van der Waals surface area contributed by atoms with Gasteiger partial charge in [-0.25, -0.2) is 14.5 Å². The quantitative estimate of drug-likeness (QED) is 0.363. The minimum atomic E-state index is 0.503. The van der Waals surface area contributed by atoms with Crippen LogP contribution in [0.5, 0.6) is 11.5 Å². The van der Waals surface area contributed by atoms with Gasteiger partial charge in [-0.2, -0.15) is 5.26 Å². The highest BCUT2D eigenvalue weighted by molar-refractivity contribution is 7.98. The first kappa shape index (κ1) is 19.6. The molecule has 0 spiro atoms. The van der Waals surface area contributed by atoms with Gasteiger partial charge in [0.25, 0.3) is 0 Å². The van der Waals surface area contributed by atoms with Crippen LogP contribution in [-0.2, 0) is 0 Å². The molecule has 0 saturated heterocycles. The van der Waals surface area contributed by atoms with Crippen LogP contribution in [0, 0.1) is 11.3 Å². The second kappa shape index (κ2) is 8.35. The monoisotopic (exact) mass is 417 g/mol. The molecule has 7 nitrogen and oxygen atoms in total. The third-order valence-corrected chi connectivity index (χ3v) is 5.35. The van der Waals surface area contributed by atoms with Crippen molar-refractivity contribution in [1.29, 1.82) is 5.26 Å². The van der Waals surface area contributed by atoms with Crippen LogP contribution in [-0.4, -0.2) is 41.3 Å². The highest BCUT2D eigenvalue weighted by Gasteiger charge is 2.20. The first-order chi connectivity index (χ1) is 14.7. The predicted molar refractivity (Wildman–Crippen MR) is 118 cm³/mol. The van der Waals surface area contributed by atoms with E-state index in [1.807, 2.05) is 54.8 Å². The van der Waals surface area contributed by atoms with Crippen LogP contribution in [0.25, 0.3) is 16.9 Å². The lowest BCUT2D eigenvalue weighted by molar-refractivity contribution is 0.414. The molecule has 2 aromatic carbocycles. The van der Waals surface area contributed by atoms with E-state index in [2.05, 4.69) is 11.2 Å². The molecule has 1 N–H and O–H groups in total. The molecule has 0 aliphatic heterocycles. The minimum absolute atomic E-state index is 0.503. The SMILES string of the molecule is COc1ccc(C=Nc2c(-c3ccc(OC)cc3)nc3c(C#N)c(SC)[nH]n23)cc1. The third-order valence-electron chi connectivity index (χ3n) is 4.65. The molecule has 0 amide bonds. The van der Waals surface area contributed by atoms with Crippen molar-refractivity contribution in [2.75, 3.05) is 20.5 Å². The maximum atomic E-state index is 9.63. The molecule has 2 aromatic heterocycles. The van der Waals surface area contributed by atoms with Gasteiger partial charge in [-0.1, -0.05) is 0 Å². The Kier molecular flexibility index (Phi) is 5.46. The smallest absolute Gasteiger partial charge is 0.180 e. The molecule has 0 unspecified atom stereocenters. The first-order valence-electron chi connectivity index (χ1n) is 9.09. The van der Waals surface area contributed by atoms with Gasteiger partial charge >= 0.3 is 0 Å². The summed E-state index contributed by atoms with van der Waals surface area (Å²) >= 11 is 1.46. The number of methoxy groups -OCH3 is 2. The number of hydrogen-bond acceptors (Lipinski definition) is 6. The van der Waals surface area contributed by atoms with Crippen molar-refractivity contribution in [3.8, 4) is 28.8 Å². The second-order valence-electron chi connectivity index (χ2n) is 6.33. The number of thioether (sulfide) groups is 1. The van der Waals surface area contributed by atoms with Crippen molar-refractivity contribution in [1.82, 2.24) is 14.6 Å². The summed E-state index contributed by atoms with van der Waals surface area (Å²) in [5, 5.41) is 13.6. The van der Waals surface area contributed by atoms with E-state index in [1.54, 1.807) is 24.9 Å². The van der Waals surface area contributed by atoms with Gasteiger partial charge in [-0.05, 0) is 60.4 Å². The Balaban J connectivity index is 1.86. The van der Waals surface area contributed by atoms with Gasteiger partial charge in [-0.3, -0.25) is 5.10 Å². The molecular formula is C22H19N5O2S. The van der Waals surface area contributed by atoms with E-state index in [1.165, 1.54) is 11.8 Å². The maximum Gasteiger partial charge on any atom is 0.180 e. The van der Waals surface area contributed by atoms with Crippen molar-refractivity contribution in [3.63, 3.8) is 0 Å². The minimum Gasteiger partial charge on any atom is -0.497 e. The van der Waals surface area contributed by atoms with E-state index in [-0.39, 0.29) is 0 Å². The van der Waals surface area contributed by atoms with Crippen LogP contribution in [0.2, 0.25) is 0 Å². The molecule has 8 heteroatoms. The van der Waals surface area contributed by atoms with Gasteiger partial charge < -0.3 is 9.47 Å². The lowest BCUT2D eigenvalue weighted by Gasteiger charge is -2.03. The van der Waals surface area contributed by atoms with Gasteiger partial charge in [-0.15, -0.1) is 11.8 Å². The molecule has 0 saturated carbocycles. The molecule has 4 aromatic rings. The summed E-state index contributed by atoms with van der Waals surface area (Å²) < 4.78 is 12.2. The molecule has 2 heterocycles. The summed E-state index contributed by atoms with van der Waals surface area (Å²) in [5.74, 6) is 2.16. The summed E-state index contributed by atoms with van der Waals surface area (Å²) in [5.41, 5.74) is 3.53. The molecule has 30 heavy (non-hydrogen) atoms. The first-order valence-corrected chi connectivity index (χ1v) is 10.3. The Morgan fingerprint density at radius 1 is 1.07 bits per heavy atom. The number of fused-ring (bicyclic) bond motifs is 1. The van der Waals surface area contributed by atoms with Crippen LogP contribution in [0.1, 0.15) is 11.1 Å². The largest absolute Gasteiger partial charge is 0.497 e. The van der Waals surface area contributed by atoms with Gasteiger partial charge in [0.15, 0.2) is 11.5 Å². The number of hydrogen-bond donors (Lipinski definition) is 1. The van der Waals surface area contributed by atoms with Crippen LogP contribution in [0.15, 0.2) is 58.5 Å². The molecule has 0 atom stereocenters. The lowest BCUT2D eigenvalue weighted by atomic mass is 10.1. The van der Waals surface area contributed by atoms with Crippen molar-refractivity contribution in [2.24, 2.45) is 4.99 Å². The fourth-order valence-electron chi connectivity index (χ4n) is 3.08. The van der Waals surface area contributed by atoms with E-state index in [4.69, 9.17) is 19.5 Å². The predicted octanol–water partition coefficient (Wildman–Crippen LogP) is 4.69. The molecule has 0 aliphatic rings. The van der Waals surface area contributed by atoms with Crippen LogP contribution in [0.4, 0.5) is 5.82 Å². The summed E-state index contributed by atoms with van der Waals surface area (Å²) in [7, 11) is 3.26. The zero-order valence-electron chi connectivity index (χ0n) is 16.7. The normalized spacial score (nSPS) is 11.1. The van der Waals surface area contributed by atoms with Gasteiger partial charge in [0.1, 0.15) is 33.9 Å². The van der Waals surface area contributed by atoms with Crippen molar-refractivity contribution < 1.29 is 9.47 Å². The summed E-state index contributed by atoms with van der Waals surface area (Å²) in [6.07, 6.45) is 3.68. The number of ether oxygens (including phenoxy) is 2. The number of imidazole rings is 1. The average molecular weight is 417 g/mol. The summed E-state index contributed by atoms with van der Waals surface area (Å²) in [6.45, 7) is 0. The van der Waals surface area contributed by atoms with Crippen LogP contribution in [0.3, 0.4) is 0 Å². The van der Waals surface area contributed by atoms with Crippen molar-refractivity contribution in [2.45, 2.75) is 5.03 Å². The Morgan fingerprint density at radius 2 is 1.70 bits per heavy atom. The number of nitrogens with zero attached hydrogens (tertiary/aromatic N) is 4. The number of aromatic amines is 1. The number of H-pyrrole nitrogens is 1. The van der Waals surface area contributed by atoms with E-state index < -0.39 is 0 Å². The fourth-order valence-corrected chi connectivity index (χ4v) is 3.60. The van der Waals surface area contributed by atoms with Crippen LogP contribution >= 0.6 is 11.8 Å². The maximum absolute atomic E-state index is 9.63. The van der Waals surface area contributed by atoms with E-state index in [0.29, 0.717) is 22.7 Å². The number of nitriles is 1. The Labute approximate surface area is 178 Å². The highest BCUT2D eigenvalue weighted by Crippen LogP contribution is 2.35. The Morgan fingerprint density at radius 3 is 2.27 bits per heavy atom. The number of benzene rings is 2. The Hall–Kier alpha value is -3.70. The number of rotatable bonds is 6. The lowest BCUT2D eigenvalue weighted by Crippen LogP contribution is -1.88. The number of nitrogens with one attached hydrogen (secondary N) is 1. The molecule has 0 fully saturated rings. The fraction of sp³-hybridized carbons (Fsp3) is 0.136.